The SMILES string of the molecule is CC[C@@H](NC(=O)c1cccc(S(=O)(=O)N2CC(O)C2)c1)c1ccncc1. The van der Waals surface area contributed by atoms with Gasteiger partial charge in [0, 0.05) is 31.0 Å². The largest absolute Gasteiger partial charge is 0.390 e. The van der Waals surface area contributed by atoms with Crippen LogP contribution in [0.4, 0.5) is 0 Å². The normalized spacial score (nSPS) is 16.7. The first-order valence-corrected chi connectivity index (χ1v) is 9.85. The smallest absolute Gasteiger partial charge is 0.251 e. The number of β-amino-alcohol motifs (C(OH)–C–C–N with tert-alkyl or cyclic N) is 1. The second-order valence-electron chi connectivity index (χ2n) is 6.22. The van der Waals surface area contributed by atoms with Crippen LogP contribution < -0.4 is 5.32 Å². The second kappa shape index (κ2) is 7.53. The molecule has 8 heteroatoms. The van der Waals surface area contributed by atoms with E-state index in [0.29, 0.717) is 6.42 Å². The summed E-state index contributed by atoms with van der Waals surface area (Å²) in [6.45, 7) is 2.12. The molecule has 0 unspecified atom stereocenters. The number of benzene rings is 1. The zero-order chi connectivity index (χ0) is 18.7. The lowest BCUT2D eigenvalue weighted by molar-refractivity contribution is 0.0547. The van der Waals surface area contributed by atoms with Gasteiger partial charge in [-0.3, -0.25) is 9.78 Å². The quantitative estimate of drug-likeness (QED) is 0.793. The zero-order valence-corrected chi connectivity index (χ0v) is 15.2. The van der Waals surface area contributed by atoms with E-state index in [0.717, 1.165) is 5.56 Å². The van der Waals surface area contributed by atoms with Crippen LogP contribution in [0.5, 0.6) is 0 Å². The first-order valence-electron chi connectivity index (χ1n) is 8.41. The summed E-state index contributed by atoms with van der Waals surface area (Å²) in [5.41, 5.74) is 1.22. The number of hydrogen-bond donors (Lipinski definition) is 2. The van der Waals surface area contributed by atoms with Crippen molar-refractivity contribution in [3.8, 4) is 0 Å². The van der Waals surface area contributed by atoms with Crippen LogP contribution in [0.2, 0.25) is 0 Å². The van der Waals surface area contributed by atoms with Gasteiger partial charge < -0.3 is 10.4 Å². The summed E-state index contributed by atoms with van der Waals surface area (Å²) in [5, 5.41) is 12.3. The molecular formula is C18H21N3O4S. The summed E-state index contributed by atoms with van der Waals surface area (Å²) in [5.74, 6) is -0.339. The summed E-state index contributed by atoms with van der Waals surface area (Å²) in [6.07, 6.45) is 3.40. The molecule has 1 aromatic carbocycles. The van der Waals surface area contributed by atoms with Gasteiger partial charge in [0.05, 0.1) is 17.0 Å². The lowest BCUT2D eigenvalue weighted by Crippen LogP contribution is -2.53. The van der Waals surface area contributed by atoms with Gasteiger partial charge in [-0.25, -0.2) is 8.42 Å². The highest BCUT2D eigenvalue weighted by molar-refractivity contribution is 7.89. The van der Waals surface area contributed by atoms with Crippen molar-refractivity contribution in [2.24, 2.45) is 0 Å². The number of nitrogens with one attached hydrogen (secondary N) is 1. The van der Waals surface area contributed by atoms with Gasteiger partial charge in [-0.2, -0.15) is 4.31 Å². The minimum absolute atomic E-state index is 0.0500. The van der Waals surface area contributed by atoms with Crippen molar-refractivity contribution >= 4 is 15.9 Å². The Hall–Kier alpha value is -2.29. The van der Waals surface area contributed by atoms with Crippen molar-refractivity contribution in [1.82, 2.24) is 14.6 Å². The number of nitrogens with zero attached hydrogens (tertiary/aromatic N) is 2. The first kappa shape index (κ1) is 18.5. The molecule has 3 rings (SSSR count). The van der Waals surface area contributed by atoms with Crippen LogP contribution in [0.25, 0.3) is 0 Å². The molecule has 138 valence electrons. The summed E-state index contributed by atoms with van der Waals surface area (Å²) < 4.78 is 26.2. The third-order valence-electron chi connectivity index (χ3n) is 4.38. The van der Waals surface area contributed by atoms with Gasteiger partial charge in [0.25, 0.3) is 5.91 Å². The van der Waals surface area contributed by atoms with E-state index in [1.807, 2.05) is 19.1 Å². The van der Waals surface area contributed by atoms with Crippen molar-refractivity contribution in [2.75, 3.05) is 13.1 Å². The molecule has 2 aromatic rings. The molecule has 1 fully saturated rings. The van der Waals surface area contributed by atoms with E-state index >= 15 is 0 Å². The number of rotatable bonds is 6. The number of amides is 1. The van der Waals surface area contributed by atoms with E-state index in [-0.39, 0.29) is 35.5 Å². The third-order valence-corrected chi connectivity index (χ3v) is 6.21. The summed E-state index contributed by atoms with van der Waals surface area (Å²) in [4.78, 5) is 16.6. The van der Waals surface area contributed by atoms with Crippen LogP contribution in [0.1, 0.15) is 35.3 Å². The molecule has 1 saturated heterocycles. The fourth-order valence-corrected chi connectivity index (χ4v) is 4.38. The molecule has 26 heavy (non-hydrogen) atoms. The topological polar surface area (TPSA) is 99.6 Å². The maximum atomic E-state index is 12.6. The van der Waals surface area contributed by atoms with Crippen molar-refractivity contribution in [3.05, 3.63) is 59.9 Å². The standard InChI is InChI=1S/C18H21N3O4S/c1-2-17(13-6-8-19-9-7-13)20-18(23)14-4-3-5-16(10-14)26(24,25)21-11-15(22)12-21/h3-10,15,17,22H,2,11-12H2,1H3,(H,20,23)/t17-/m1/s1. The Kier molecular flexibility index (Phi) is 5.36. The molecule has 1 amide bonds. The fourth-order valence-electron chi connectivity index (χ4n) is 2.82. The maximum Gasteiger partial charge on any atom is 0.251 e. The number of aliphatic hydroxyl groups is 1. The highest BCUT2D eigenvalue weighted by Gasteiger charge is 2.35. The van der Waals surface area contributed by atoms with Crippen molar-refractivity contribution < 1.29 is 18.3 Å². The molecule has 0 bridgehead atoms. The average molecular weight is 375 g/mol. The number of carbonyl (C=O) groups is 1. The fraction of sp³-hybridized carbons (Fsp3) is 0.333. The summed E-state index contributed by atoms with van der Waals surface area (Å²) in [6, 6.07) is 9.45. The van der Waals surface area contributed by atoms with Crippen molar-refractivity contribution in [3.63, 3.8) is 0 Å². The van der Waals surface area contributed by atoms with E-state index in [1.165, 1.54) is 16.4 Å². The highest BCUT2D eigenvalue weighted by atomic mass is 32.2. The molecule has 7 nitrogen and oxygen atoms in total. The van der Waals surface area contributed by atoms with Gasteiger partial charge in [0.1, 0.15) is 0 Å². The molecule has 1 atom stereocenters. The van der Waals surface area contributed by atoms with Gasteiger partial charge in [-0.05, 0) is 42.3 Å². The first-order chi connectivity index (χ1) is 12.4. The maximum absolute atomic E-state index is 12.6. The Labute approximate surface area is 152 Å². The van der Waals surface area contributed by atoms with E-state index in [9.17, 15) is 18.3 Å². The predicted octanol–water partition coefficient (Wildman–Crippen LogP) is 1.33. The van der Waals surface area contributed by atoms with Gasteiger partial charge in [-0.15, -0.1) is 0 Å². The Morgan fingerprint density at radius 3 is 2.62 bits per heavy atom. The number of aromatic nitrogens is 1. The molecule has 0 saturated carbocycles. The molecule has 1 aromatic heterocycles. The second-order valence-corrected chi connectivity index (χ2v) is 8.16. The molecule has 2 heterocycles. The Morgan fingerprint density at radius 2 is 2.00 bits per heavy atom. The molecule has 0 aliphatic carbocycles. The Balaban J connectivity index is 1.78. The molecular weight excluding hydrogens is 354 g/mol. The van der Waals surface area contributed by atoms with E-state index < -0.39 is 16.1 Å². The summed E-state index contributed by atoms with van der Waals surface area (Å²) in [7, 11) is -3.69. The van der Waals surface area contributed by atoms with Crippen LogP contribution in [-0.2, 0) is 10.0 Å². The minimum Gasteiger partial charge on any atom is -0.390 e. The van der Waals surface area contributed by atoms with Crippen LogP contribution in [0, 0.1) is 0 Å². The van der Waals surface area contributed by atoms with Gasteiger partial charge >= 0.3 is 0 Å². The highest BCUT2D eigenvalue weighted by Crippen LogP contribution is 2.23. The van der Waals surface area contributed by atoms with Crippen LogP contribution in [0.15, 0.2) is 53.7 Å². The molecule has 1 aliphatic heterocycles. The van der Waals surface area contributed by atoms with Gasteiger partial charge in [0.2, 0.25) is 10.0 Å². The number of hydrogen-bond acceptors (Lipinski definition) is 5. The molecule has 0 spiro atoms. The number of pyridine rings is 1. The lowest BCUT2D eigenvalue weighted by atomic mass is 10.1. The zero-order valence-electron chi connectivity index (χ0n) is 14.4. The Bertz CT molecular complexity index is 880. The number of carbonyl (C=O) groups excluding carboxylic acids is 1. The van der Waals surface area contributed by atoms with E-state index in [1.54, 1.807) is 24.5 Å². The predicted molar refractivity (Wildman–Crippen MR) is 95.9 cm³/mol. The molecule has 1 aliphatic rings. The van der Waals surface area contributed by atoms with Crippen molar-refractivity contribution in [2.45, 2.75) is 30.4 Å². The molecule has 0 radical (unpaired) electrons. The van der Waals surface area contributed by atoms with Gasteiger partial charge in [0.15, 0.2) is 0 Å². The average Bonchev–Trinajstić information content (AvgIpc) is 2.64. The lowest BCUT2D eigenvalue weighted by Gasteiger charge is -2.34. The molecule has 2 N–H and O–H groups in total. The van der Waals surface area contributed by atoms with Crippen LogP contribution in [-0.4, -0.2) is 47.9 Å². The Morgan fingerprint density at radius 1 is 1.31 bits per heavy atom. The third kappa shape index (κ3) is 3.77. The summed E-state index contributed by atoms with van der Waals surface area (Å²) >= 11 is 0. The van der Waals surface area contributed by atoms with E-state index in [4.69, 9.17) is 0 Å². The number of sulfonamides is 1. The minimum atomic E-state index is -3.69. The van der Waals surface area contributed by atoms with E-state index in [2.05, 4.69) is 10.3 Å². The van der Waals surface area contributed by atoms with Crippen molar-refractivity contribution in [1.29, 1.82) is 0 Å². The van der Waals surface area contributed by atoms with Gasteiger partial charge in [-0.1, -0.05) is 13.0 Å². The monoisotopic (exact) mass is 375 g/mol. The number of aliphatic hydroxyl groups excluding tert-OH is 1. The van der Waals surface area contributed by atoms with Crippen LogP contribution in [0.3, 0.4) is 0 Å². The van der Waals surface area contributed by atoms with Crippen LogP contribution >= 0.6 is 0 Å².